The van der Waals surface area contributed by atoms with Crippen LogP contribution in [0.1, 0.15) is 60.5 Å². The van der Waals surface area contributed by atoms with E-state index in [1.54, 1.807) is 30.9 Å². The Balaban J connectivity index is 1.52. The van der Waals surface area contributed by atoms with E-state index in [9.17, 15) is 14.4 Å². The van der Waals surface area contributed by atoms with Crippen molar-refractivity contribution in [1.29, 1.82) is 0 Å². The molecule has 0 unspecified atom stereocenters. The van der Waals surface area contributed by atoms with Crippen LogP contribution >= 0.6 is 11.6 Å². The average Bonchev–Trinajstić information content (AvgIpc) is 3.29. The van der Waals surface area contributed by atoms with Gasteiger partial charge in [0.2, 0.25) is 0 Å². The first-order valence-corrected chi connectivity index (χ1v) is 13.4. The van der Waals surface area contributed by atoms with Crippen molar-refractivity contribution in [2.24, 2.45) is 0 Å². The minimum atomic E-state index is -0.657. The number of hydrogen-bond acceptors (Lipinski definition) is 6. The Morgan fingerprint density at radius 2 is 1.65 bits per heavy atom. The number of esters is 2. The maximum absolute atomic E-state index is 14.0. The average molecular weight is 558 g/mol. The van der Waals surface area contributed by atoms with Gasteiger partial charge in [-0.2, -0.15) is 5.10 Å². The van der Waals surface area contributed by atoms with Crippen molar-refractivity contribution in [3.63, 3.8) is 0 Å². The van der Waals surface area contributed by atoms with E-state index in [1.165, 1.54) is 16.3 Å². The molecule has 0 atom stereocenters. The maximum atomic E-state index is 14.0. The zero-order chi connectivity index (χ0) is 28.2. The normalized spacial score (nSPS) is 12.5. The lowest BCUT2D eigenvalue weighted by molar-refractivity contribution is 0.0471. The van der Waals surface area contributed by atoms with Gasteiger partial charge in [0.1, 0.15) is 6.61 Å². The molecule has 5 rings (SSSR count). The number of halogens is 1. The topological polar surface area (TPSA) is 90.7 Å². The lowest BCUT2D eigenvalue weighted by Gasteiger charge is -2.29. The molecule has 1 aliphatic heterocycles. The van der Waals surface area contributed by atoms with Crippen LogP contribution in [0.15, 0.2) is 72.8 Å². The molecule has 0 fully saturated rings. The Morgan fingerprint density at radius 1 is 0.925 bits per heavy atom. The summed E-state index contributed by atoms with van der Waals surface area (Å²) in [6.45, 7) is 4.62. The van der Waals surface area contributed by atoms with Crippen molar-refractivity contribution in [3.8, 4) is 5.69 Å². The molecule has 0 saturated carbocycles. The molecule has 1 aromatic heterocycles. The second-order valence-electron chi connectivity index (χ2n) is 9.42. The highest BCUT2D eigenvalue weighted by molar-refractivity contribution is 6.34. The second kappa shape index (κ2) is 11.8. The highest BCUT2D eigenvalue weighted by Gasteiger charge is 2.28. The van der Waals surface area contributed by atoms with Crippen LogP contribution in [0.25, 0.3) is 5.69 Å². The zero-order valence-corrected chi connectivity index (χ0v) is 23.0. The largest absolute Gasteiger partial charge is 0.461 e. The van der Waals surface area contributed by atoms with E-state index in [0.29, 0.717) is 24.5 Å². The molecule has 4 aromatic rings. The van der Waals surface area contributed by atoms with Gasteiger partial charge in [-0.25, -0.2) is 14.3 Å². The fourth-order valence-corrected chi connectivity index (χ4v) is 4.91. The number of aromatic nitrogens is 2. The lowest BCUT2D eigenvalue weighted by Crippen LogP contribution is -2.36. The molecule has 204 valence electrons. The summed E-state index contributed by atoms with van der Waals surface area (Å²) in [5.41, 5.74) is 4.40. The number of carbonyl (C=O) groups excluding carboxylic acids is 3. The fourth-order valence-electron chi connectivity index (χ4n) is 4.71. The number of nitrogens with zero attached hydrogens (tertiary/aromatic N) is 3. The smallest absolute Gasteiger partial charge is 0.360 e. The highest BCUT2D eigenvalue weighted by atomic mass is 35.5. The van der Waals surface area contributed by atoms with Gasteiger partial charge in [-0.15, -0.1) is 0 Å². The highest BCUT2D eigenvalue weighted by Crippen LogP contribution is 2.28. The van der Waals surface area contributed by atoms with Crippen LogP contribution in [0.3, 0.4) is 0 Å². The Kier molecular flexibility index (Phi) is 7.98. The zero-order valence-electron chi connectivity index (χ0n) is 22.2. The molecule has 0 aliphatic carbocycles. The number of hydrogen-bond donors (Lipinski definition) is 0. The number of amides is 1. The van der Waals surface area contributed by atoms with Crippen LogP contribution in [0, 0.1) is 6.92 Å². The van der Waals surface area contributed by atoms with Crippen LogP contribution in [0.5, 0.6) is 0 Å². The van der Waals surface area contributed by atoms with E-state index < -0.39 is 11.9 Å². The standard InChI is InChI=1S/C31H28ClN3O5/c1-3-39-31(38)28-27(32)20(2)35(33-28)26-14-13-23(30(37)40-19-21-9-5-4-6-10-21)17-25(26)29(36)34-16-15-22-11-7-8-12-24(22)18-34/h4-14,17H,3,15-16,18-19H2,1-2H3. The number of rotatable bonds is 7. The monoisotopic (exact) mass is 557 g/mol. The summed E-state index contributed by atoms with van der Waals surface area (Å²) in [4.78, 5) is 41.2. The Bertz CT molecular complexity index is 1580. The molecule has 0 radical (unpaired) electrons. The molecule has 0 N–H and O–H groups in total. The molecule has 9 heteroatoms. The predicted molar refractivity (Wildman–Crippen MR) is 150 cm³/mol. The van der Waals surface area contributed by atoms with Crippen molar-refractivity contribution in [3.05, 3.63) is 117 Å². The van der Waals surface area contributed by atoms with E-state index in [0.717, 1.165) is 17.5 Å². The van der Waals surface area contributed by atoms with Gasteiger partial charge in [0.25, 0.3) is 5.91 Å². The fraction of sp³-hybridized carbons (Fsp3) is 0.226. The van der Waals surface area contributed by atoms with Crippen LogP contribution in [-0.4, -0.2) is 45.7 Å². The summed E-state index contributed by atoms with van der Waals surface area (Å²) in [7, 11) is 0. The third-order valence-electron chi connectivity index (χ3n) is 6.83. The summed E-state index contributed by atoms with van der Waals surface area (Å²) in [6.07, 6.45) is 0.718. The molecule has 2 heterocycles. The molecule has 3 aromatic carbocycles. The minimum Gasteiger partial charge on any atom is -0.461 e. The van der Waals surface area contributed by atoms with Crippen molar-refractivity contribution in [1.82, 2.24) is 14.7 Å². The van der Waals surface area contributed by atoms with Crippen LogP contribution < -0.4 is 0 Å². The molecular formula is C31H28ClN3O5. The molecule has 1 amide bonds. The van der Waals surface area contributed by atoms with Gasteiger partial charge in [-0.3, -0.25) is 4.79 Å². The summed E-state index contributed by atoms with van der Waals surface area (Å²) in [5, 5.41) is 4.53. The molecule has 0 spiro atoms. The number of fused-ring (bicyclic) bond motifs is 1. The third kappa shape index (κ3) is 5.49. The van der Waals surface area contributed by atoms with Crippen molar-refractivity contribution >= 4 is 29.4 Å². The first-order valence-electron chi connectivity index (χ1n) is 13.0. The van der Waals surface area contributed by atoms with Gasteiger partial charge < -0.3 is 14.4 Å². The van der Waals surface area contributed by atoms with Gasteiger partial charge in [0.05, 0.1) is 34.1 Å². The molecule has 40 heavy (non-hydrogen) atoms. The van der Waals surface area contributed by atoms with E-state index in [-0.39, 0.29) is 41.0 Å². The number of carbonyl (C=O) groups is 3. The number of benzene rings is 3. The predicted octanol–water partition coefficient (Wildman–Crippen LogP) is 5.57. The summed E-state index contributed by atoms with van der Waals surface area (Å²) < 4.78 is 12.1. The van der Waals surface area contributed by atoms with E-state index in [1.807, 2.05) is 48.5 Å². The Labute approximate surface area is 237 Å². The van der Waals surface area contributed by atoms with Crippen LogP contribution in [0.4, 0.5) is 0 Å². The molecule has 8 nitrogen and oxygen atoms in total. The molecular weight excluding hydrogens is 530 g/mol. The maximum Gasteiger partial charge on any atom is 0.360 e. The van der Waals surface area contributed by atoms with Gasteiger partial charge >= 0.3 is 11.9 Å². The summed E-state index contributed by atoms with van der Waals surface area (Å²) in [5.74, 6) is -1.49. The Hall–Kier alpha value is -4.43. The molecule has 1 aliphatic rings. The first kappa shape index (κ1) is 27.1. The minimum absolute atomic E-state index is 0.0438. The van der Waals surface area contributed by atoms with Crippen LogP contribution in [0.2, 0.25) is 5.02 Å². The van der Waals surface area contributed by atoms with Gasteiger partial charge in [0.15, 0.2) is 5.69 Å². The van der Waals surface area contributed by atoms with Crippen molar-refractivity contribution in [2.45, 2.75) is 33.4 Å². The van der Waals surface area contributed by atoms with E-state index in [2.05, 4.69) is 11.2 Å². The second-order valence-corrected chi connectivity index (χ2v) is 9.80. The first-order chi connectivity index (χ1) is 19.4. The Morgan fingerprint density at radius 3 is 2.40 bits per heavy atom. The van der Waals surface area contributed by atoms with Crippen molar-refractivity contribution < 1.29 is 23.9 Å². The summed E-state index contributed by atoms with van der Waals surface area (Å²) >= 11 is 6.46. The lowest BCUT2D eigenvalue weighted by atomic mass is 9.98. The third-order valence-corrected chi connectivity index (χ3v) is 7.29. The van der Waals surface area contributed by atoms with E-state index in [4.69, 9.17) is 21.1 Å². The molecule has 0 bridgehead atoms. The van der Waals surface area contributed by atoms with Crippen molar-refractivity contribution in [2.75, 3.05) is 13.2 Å². The van der Waals surface area contributed by atoms with Gasteiger partial charge in [-0.1, -0.05) is 66.2 Å². The van der Waals surface area contributed by atoms with E-state index >= 15 is 0 Å². The number of ether oxygens (including phenoxy) is 2. The van der Waals surface area contributed by atoms with Gasteiger partial charge in [0, 0.05) is 13.1 Å². The summed E-state index contributed by atoms with van der Waals surface area (Å²) in [6, 6.07) is 22.1. The SMILES string of the molecule is CCOC(=O)c1nn(-c2ccc(C(=O)OCc3ccccc3)cc2C(=O)N2CCc3ccccc3C2)c(C)c1Cl. The quantitative estimate of drug-likeness (QED) is 0.276. The molecule has 0 saturated heterocycles. The van der Waals surface area contributed by atoms with Gasteiger partial charge in [-0.05, 0) is 55.2 Å². The van der Waals surface area contributed by atoms with Crippen LogP contribution in [-0.2, 0) is 29.0 Å².